The van der Waals surface area contributed by atoms with E-state index in [9.17, 15) is 0 Å². The van der Waals surface area contributed by atoms with E-state index in [0.29, 0.717) is 18.6 Å². The zero-order valence-electron chi connectivity index (χ0n) is 6.92. The van der Waals surface area contributed by atoms with Crippen molar-refractivity contribution in [2.24, 2.45) is 11.8 Å². The van der Waals surface area contributed by atoms with E-state index in [1.54, 1.807) is 0 Å². The summed E-state index contributed by atoms with van der Waals surface area (Å²) >= 11 is 0. The van der Waals surface area contributed by atoms with Gasteiger partial charge < -0.3 is 10.4 Å². The van der Waals surface area contributed by atoms with Crippen LogP contribution >= 0.6 is 0 Å². The van der Waals surface area contributed by atoms with Crippen LogP contribution in [0.4, 0.5) is 0 Å². The van der Waals surface area contributed by atoms with Crippen LogP contribution in [-0.2, 0) is 0 Å². The number of aliphatic hydroxyl groups excluding tert-OH is 1. The molecule has 1 aliphatic heterocycles. The van der Waals surface area contributed by atoms with Gasteiger partial charge in [-0.2, -0.15) is 0 Å². The van der Waals surface area contributed by atoms with Crippen LogP contribution in [0, 0.1) is 11.8 Å². The van der Waals surface area contributed by atoms with Crippen LogP contribution in [0.25, 0.3) is 0 Å². The predicted octanol–water partition coefficient (Wildman–Crippen LogP) is 0.757. The Hall–Kier alpha value is -0.0800. The van der Waals surface area contributed by atoms with Gasteiger partial charge >= 0.3 is 0 Å². The Kier molecular flexibility index (Phi) is 2.14. The molecule has 2 atom stereocenters. The van der Waals surface area contributed by atoms with Crippen molar-refractivity contribution in [2.75, 3.05) is 13.2 Å². The summed E-state index contributed by atoms with van der Waals surface area (Å²) in [6.07, 6.45) is 5.24. The molecule has 2 nitrogen and oxygen atoms in total. The zero-order chi connectivity index (χ0) is 7.68. The minimum Gasteiger partial charge on any atom is -0.396 e. The van der Waals surface area contributed by atoms with E-state index in [-0.39, 0.29) is 0 Å². The molecule has 64 valence electrons. The molecule has 0 radical (unpaired) electrons. The van der Waals surface area contributed by atoms with Crippen LogP contribution in [0.2, 0.25) is 0 Å². The van der Waals surface area contributed by atoms with E-state index in [0.717, 1.165) is 12.5 Å². The highest BCUT2D eigenvalue weighted by molar-refractivity contribution is 4.92. The van der Waals surface area contributed by atoms with Crippen molar-refractivity contribution in [1.82, 2.24) is 5.32 Å². The van der Waals surface area contributed by atoms with Crippen LogP contribution in [0.5, 0.6) is 0 Å². The van der Waals surface area contributed by atoms with Crippen molar-refractivity contribution in [1.29, 1.82) is 0 Å². The molecule has 1 saturated carbocycles. The fraction of sp³-hybridized carbons (Fsp3) is 1.00. The first-order valence-electron chi connectivity index (χ1n) is 4.76. The third kappa shape index (κ3) is 1.57. The molecular formula is C9H17NO. The lowest BCUT2D eigenvalue weighted by molar-refractivity contribution is 0.149. The van der Waals surface area contributed by atoms with Crippen LogP contribution < -0.4 is 5.32 Å². The molecule has 0 aromatic carbocycles. The normalized spacial score (nSPS) is 39.0. The van der Waals surface area contributed by atoms with Gasteiger partial charge in [0.2, 0.25) is 0 Å². The fourth-order valence-electron chi connectivity index (χ4n) is 2.19. The maximum Gasteiger partial charge on any atom is 0.0474 e. The first kappa shape index (κ1) is 7.56. The number of aliphatic hydroxyl groups is 1. The first-order valence-corrected chi connectivity index (χ1v) is 4.76. The number of nitrogens with one attached hydrogen (secondary N) is 1. The Bertz CT molecular complexity index is 134. The summed E-state index contributed by atoms with van der Waals surface area (Å²) in [5.41, 5.74) is 0. The Morgan fingerprint density at radius 3 is 2.73 bits per heavy atom. The molecule has 0 spiro atoms. The molecular weight excluding hydrogens is 138 g/mol. The average molecular weight is 155 g/mol. The van der Waals surface area contributed by atoms with Crippen LogP contribution in [0.15, 0.2) is 0 Å². The SMILES string of the molecule is OCC1CCCNC1C1CC1. The largest absolute Gasteiger partial charge is 0.396 e. The van der Waals surface area contributed by atoms with Crippen LogP contribution in [0.3, 0.4) is 0 Å². The number of rotatable bonds is 2. The summed E-state index contributed by atoms with van der Waals surface area (Å²) in [5, 5.41) is 12.6. The van der Waals surface area contributed by atoms with E-state index >= 15 is 0 Å². The van der Waals surface area contributed by atoms with Gasteiger partial charge in [0.1, 0.15) is 0 Å². The maximum atomic E-state index is 9.10. The average Bonchev–Trinajstić information content (AvgIpc) is 2.87. The fourth-order valence-corrected chi connectivity index (χ4v) is 2.19. The molecule has 2 aliphatic rings. The second-order valence-electron chi connectivity index (χ2n) is 3.90. The molecule has 11 heavy (non-hydrogen) atoms. The first-order chi connectivity index (χ1) is 5.42. The van der Waals surface area contributed by atoms with E-state index < -0.39 is 0 Å². The molecule has 0 aromatic rings. The Morgan fingerprint density at radius 2 is 2.09 bits per heavy atom. The maximum absolute atomic E-state index is 9.10. The number of hydrogen-bond donors (Lipinski definition) is 2. The van der Waals surface area contributed by atoms with Gasteiger partial charge in [-0.15, -0.1) is 0 Å². The minimum absolute atomic E-state index is 0.383. The summed E-state index contributed by atoms with van der Waals surface area (Å²) in [5.74, 6) is 1.45. The lowest BCUT2D eigenvalue weighted by atomic mass is 9.89. The van der Waals surface area contributed by atoms with Gasteiger partial charge in [0.15, 0.2) is 0 Å². The van der Waals surface area contributed by atoms with E-state index in [1.807, 2.05) is 0 Å². The van der Waals surface area contributed by atoms with E-state index in [4.69, 9.17) is 5.11 Å². The smallest absolute Gasteiger partial charge is 0.0474 e. The molecule has 0 amide bonds. The van der Waals surface area contributed by atoms with E-state index in [2.05, 4.69) is 5.32 Å². The van der Waals surface area contributed by atoms with Crippen molar-refractivity contribution in [3.63, 3.8) is 0 Å². The molecule has 2 fully saturated rings. The molecule has 2 N–H and O–H groups in total. The van der Waals surface area contributed by atoms with Gasteiger partial charge in [-0.3, -0.25) is 0 Å². The lowest BCUT2D eigenvalue weighted by Gasteiger charge is -2.31. The van der Waals surface area contributed by atoms with Gasteiger partial charge in [0, 0.05) is 12.6 Å². The Morgan fingerprint density at radius 1 is 1.27 bits per heavy atom. The highest BCUT2D eigenvalue weighted by Gasteiger charge is 2.37. The second kappa shape index (κ2) is 3.11. The van der Waals surface area contributed by atoms with Gasteiger partial charge in [-0.05, 0) is 44.1 Å². The Balaban J connectivity index is 1.91. The lowest BCUT2D eigenvalue weighted by Crippen LogP contribution is -2.44. The number of hydrogen-bond acceptors (Lipinski definition) is 2. The van der Waals surface area contributed by atoms with Crippen molar-refractivity contribution in [2.45, 2.75) is 31.7 Å². The van der Waals surface area contributed by atoms with E-state index in [1.165, 1.54) is 25.7 Å². The van der Waals surface area contributed by atoms with Gasteiger partial charge in [-0.25, -0.2) is 0 Å². The van der Waals surface area contributed by atoms with Crippen LogP contribution in [-0.4, -0.2) is 24.3 Å². The molecule has 1 heterocycles. The van der Waals surface area contributed by atoms with Gasteiger partial charge in [0.25, 0.3) is 0 Å². The Labute approximate surface area is 68.0 Å². The van der Waals surface area contributed by atoms with Gasteiger partial charge in [0.05, 0.1) is 0 Å². The predicted molar refractivity (Wildman–Crippen MR) is 44.3 cm³/mol. The molecule has 1 aliphatic carbocycles. The topological polar surface area (TPSA) is 32.3 Å². The second-order valence-corrected chi connectivity index (χ2v) is 3.90. The van der Waals surface area contributed by atoms with Crippen molar-refractivity contribution >= 4 is 0 Å². The van der Waals surface area contributed by atoms with Crippen molar-refractivity contribution in [3.05, 3.63) is 0 Å². The quantitative estimate of drug-likeness (QED) is 0.617. The summed E-state index contributed by atoms with van der Waals surface area (Å²) < 4.78 is 0. The summed E-state index contributed by atoms with van der Waals surface area (Å²) in [6, 6.07) is 0.647. The minimum atomic E-state index is 0.383. The highest BCUT2D eigenvalue weighted by Crippen LogP contribution is 2.38. The third-order valence-electron chi connectivity index (χ3n) is 3.00. The number of piperidine rings is 1. The molecule has 2 unspecified atom stereocenters. The van der Waals surface area contributed by atoms with Crippen molar-refractivity contribution in [3.8, 4) is 0 Å². The standard InChI is InChI=1S/C9H17NO/c11-6-8-2-1-5-10-9(8)7-3-4-7/h7-11H,1-6H2. The summed E-state index contributed by atoms with van der Waals surface area (Å²) in [4.78, 5) is 0. The molecule has 0 aromatic heterocycles. The molecule has 2 heteroatoms. The molecule has 0 bridgehead atoms. The molecule has 2 rings (SSSR count). The zero-order valence-corrected chi connectivity index (χ0v) is 6.92. The van der Waals surface area contributed by atoms with Gasteiger partial charge in [-0.1, -0.05) is 0 Å². The monoisotopic (exact) mass is 155 g/mol. The summed E-state index contributed by atoms with van der Waals surface area (Å²) in [7, 11) is 0. The highest BCUT2D eigenvalue weighted by atomic mass is 16.3. The molecule has 1 saturated heterocycles. The summed E-state index contributed by atoms with van der Waals surface area (Å²) in [6.45, 7) is 1.55. The third-order valence-corrected chi connectivity index (χ3v) is 3.00. The van der Waals surface area contributed by atoms with Crippen LogP contribution in [0.1, 0.15) is 25.7 Å². The van der Waals surface area contributed by atoms with Crippen molar-refractivity contribution < 1.29 is 5.11 Å².